The predicted octanol–water partition coefficient (Wildman–Crippen LogP) is -0.0222. The zero-order chi connectivity index (χ0) is 27.6. The van der Waals surface area contributed by atoms with Crippen LogP contribution in [0.5, 0.6) is 5.75 Å². The maximum atomic E-state index is 13.1. The first-order chi connectivity index (χ1) is 16.8. The van der Waals surface area contributed by atoms with Crippen LogP contribution in [0.25, 0.3) is 0 Å². The molecule has 1 aromatic carbocycles. The molecule has 1 rings (SSSR count). The number of carboxylic acids is 2. The van der Waals surface area contributed by atoms with Crippen LogP contribution in [-0.4, -0.2) is 69.1 Å². The lowest BCUT2D eigenvalue weighted by Crippen LogP contribution is -2.60. The number of hydrogen-bond donors (Lipinski definition) is 7. The van der Waals surface area contributed by atoms with Crippen LogP contribution in [0.4, 0.5) is 0 Å². The zero-order valence-electron chi connectivity index (χ0n) is 20.9. The van der Waals surface area contributed by atoms with E-state index in [0.29, 0.717) is 12.0 Å². The molecule has 12 heteroatoms. The van der Waals surface area contributed by atoms with E-state index < -0.39 is 66.2 Å². The van der Waals surface area contributed by atoms with Crippen molar-refractivity contribution in [3.8, 4) is 5.75 Å². The third-order valence-electron chi connectivity index (χ3n) is 5.76. The SMILES string of the molecule is CCC(C)C(NC(=O)C(NC(=O)C(N)Cc1ccc(O)cc1)C(C)C)C(=O)NC(CC(=O)O)C(=O)O. The highest BCUT2D eigenvalue weighted by molar-refractivity contribution is 5.95. The standard InChI is InChI=1S/C24H36N4O8/c1-5-13(4)20(23(34)26-17(24(35)36)11-18(30)31)28-22(33)19(12(2)3)27-21(32)16(25)10-14-6-8-15(29)9-7-14/h6-9,12-13,16-17,19-20,29H,5,10-11,25H2,1-4H3,(H,26,34)(H,27,32)(H,28,33)(H,30,31)(H,35,36). The first-order valence-corrected chi connectivity index (χ1v) is 11.7. The van der Waals surface area contributed by atoms with E-state index in [1.165, 1.54) is 12.1 Å². The topological polar surface area (TPSA) is 208 Å². The molecule has 0 saturated carbocycles. The summed E-state index contributed by atoms with van der Waals surface area (Å²) in [5.74, 6) is -5.75. The first kappa shape index (κ1) is 30.4. The fraction of sp³-hybridized carbons (Fsp3) is 0.542. The van der Waals surface area contributed by atoms with Gasteiger partial charge in [-0.3, -0.25) is 19.2 Å². The monoisotopic (exact) mass is 508 g/mol. The quantitative estimate of drug-likeness (QED) is 0.180. The average Bonchev–Trinajstić information content (AvgIpc) is 2.80. The molecule has 0 aliphatic rings. The number of carbonyl (C=O) groups excluding carboxylic acids is 3. The van der Waals surface area contributed by atoms with Crippen molar-refractivity contribution in [1.29, 1.82) is 0 Å². The van der Waals surface area contributed by atoms with Gasteiger partial charge in [-0.25, -0.2) is 4.79 Å². The molecule has 0 spiro atoms. The molecule has 36 heavy (non-hydrogen) atoms. The Morgan fingerprint density at radius 2 is 1.39 bits per heavy atom. The number of phenols is 1. The van der Waals surface area contributed by atoms with E-state index in [0.717, 1.165) is 0 Å². The molecule has 12 nitrogen and oxygen atoms in total. The number of aliphatic carboxylic acids is 2. The summed E-state index contributed by atoms with van der Waals surface area (Å²) in [5.41, 5.74) is 6.72. The Morgan fingerprint density at radius 3 is 1.86 bits per heavy atom. The Kier molecular flexibility index (Phi) is 11.8. The average molecular weight is 509 g/mol. The Bertz CT molecular complexity index is 935. The van der Waals surface area contributed by atoms with Crippen molar-refractivity contribution in [3.05, 3.63) is 29.8 Å². The summed E-state index contributed by atoms with van der Waals surface area (Å²) in [5, 5.41) is 34.9. The van der Waals surface area contributed by atoms with Crippen LogP contribution in [0.15, 0.2) is 24.3 Å². The first-order valence-electron chi connectivity index (χ1n) is 11.7. The Hall–Kier alpha value is -3.67. The summed E-state index contributed by atoms with van der Waals surface area (Å²) >= 11 is 0. The minimum atomic E-state index is -1.67. The van der Waals surface area contributed by atoms with E-state index in [4.69, 9.17) is 10.8 Å². The van der Waals surface area contributed by atoms with Gasteiger partial charge < -0.3 is 37.0 Å². The van der Waals surface area contributed by atoms with Gasteiger partial charge in [-0.15, -0.1) is 0 Å². The number of nitrogens with one attached hydrogen (secondary N) is 3. The van der Waals surface area contributed by atoms with Crippen molar-refractivity contribution in [3.63, 3.8) is 0 Å². The lowest BCUT2D eigenvalue weighted by Gasteiger charge is -2.29. The van der Waals surface area contributed by atoms with Gasteiger partial charge in [0, 0.05) is 0 Å². The van der Waals surface area contributed by atoms with Crippen molar-refractivity contribution in [1.82, 2.24) is 16.0 Å². The highest BCUT2D eigenvalue weighted by atomic mass is 16.4. The van der Waals surface area contributed by atoms with Crippen LogP contribution in [-0.2, 0) is 30.4 Å². The predicted molar refractivity (Wildman–Crippen MR) is 130 cm³/mol. The van der Waals surface area contributed by atoms with Gasteiger partial charge in [0.1, 0.15) is 23.9 Å². The molecule has 5 unspecified atom stereocenters. The number of carbonyl (C=O) groups is 5. The summed E-state index contributed by atoms with van der Waals surface area (Å²) in [4.78, 5) is 60.9. The van der Waals surface area contributed by atoms with Gasteiger partial charge >= 0.3 is 11.9 Å². The lowest BCUT2D eigenvalue weighted by molar-refractivity contribution is -0.147. The minimum Gasteiger partial charge on any atom is -0.508 e. The highest BCUT2D eigenvalue weighted by Gasteiger charge is 2.34. The highest BCUT2D eigenvalue weighted by Crippen LogP contribution is 2.13. The summed E-state index contributed by atoms with van der Waals surface area (Å²) in [6.45, 7) is 6.84. The van der Waals surface area contributed by atoms with Gasteiger partial charge in [0.15, 0.2) is 0 Å². The molecule has 3 amide bonds. The summed E-state index contributed by atoms with van der Waals surface area (Å²) < 4.78 is 0. The summed E-state index contributed by atoms with van der Waals surface area (Å²) in [7, 11) is 0. The Labute approximate surface area is 209 Å². The zero-order valence-corrected chi connectivity index (χ0v) is 20.9. The number of phenolic OH excluding ortho intramolecular Hbond substituents is 1. The number of hydrogen-bond acceptors (Lipinski definition) is 7. The molecule has 0 heterocycles. The van der Waals surface area contributed by atoms with E-state index >= 15 is 0 Å². The Morgan fingerprint density at radius 1 is 0.861 bits per heavy atom. The molecular formula is C24H36N4O8. The van der Waals surface area contributed by atoms with E-state index in [2.05, 4.69) is 16.0 Å². The van der Waals surface area contributed by atoms with Crippen molar-refractivity contribution in [2.75, 3.05) is 0 Å². The number of rotatable bonds is 14. The van der Waals surface area contributed by atoms with E-state index in [-0.39, 0.29) is 18.1 Å². The minimum absolute atomic E-state index is 0.0749. The molecule has 0 aliphatic heterocycles. The number of benzene rings is 1. The molecule has 0 saturated heterocycles. The van der Waals surface area contributed by atoms with Crippen LogP contribution in [0.1, 0.15) is 46.1 Å². The molecule has 200 valence electrons. The fourth-order valence-electron chi connectivity index (χ4n) is 3.36. The van der Waals surface area contributed by atoms with Crippen molar-refractivity contribution >= 4 is 29.7 Å². The third-order valence-corrected chi connectivity index (χ3v) is 5.76. The number of nitrogens with two attached hydrogens (primary N) is 1. The van der Waals surface area contributed by atoms with Gasteiger partial charge in [0.25, 0.3) is 0 Å². The van der Waals surface area contributed by atoms with Crippen LogP contribution in [0.2, 0.25) is 0 Å². The Balaban J connectivity index is 2.95. The van der Waals surface area contributed by atoms with E-state index in [9.17, 15) is 34.2 Å². The number of carboxylic acid groups (broad SMARTS) is 2. The largest absolute Gasteiger partial charge is 0.508 e. The van der Waals surface area contributed by atoms with E-state index in [1.54, 1.807) is 39.8 Å². The van der Waals surface area contributed by atoms with Gasteiger partial charge in [0.05, 0.1) is 12.5 Å². The fourth-order valence-corrected chi connectivity index (χ4v) is 3.36. The smallest absolute Gasteiger partial charge is 0.326 e. The summed E-state index contributed by atoms with van der Waals surface area (Å²) in [6, 6.07) is 1.32. The van der Waals surface area contributed by atoms with Crippen LogP contribution < -0.4 is 21.7 Å². The summed E-state index contributed by atoms with van der Waals surface area (Å²) in [6.07, 6.45) is -0.215. The molecule has 0 fully saturated rings. The van der Waals surface area contributed by atoms with Gasteiger partial charge in [-0.05, 0) is 36.0 Å². The van der Waals surface area contributed by atoms with Gasteiger partial charge in [0.2, 0.25) is 17.7 Å². The molecule has 1 aromatic rings. The van der Waals surface area contributed by atoms with Crippen LogP contribution in [0, 0.1) is 11.8 Å². The second kappa shape index (κ2) is 14.0. The van der Waals surface area contributed by atoms with Gasteiger partial charge in [-0.2, -0.15) is 0 Å². The lowest BCUT2D eigenvalue weighted by atomic mass is 9.95. The van der Waals surface area contributed by atoms with Crippen molar-refractivity contribution in [2.24, 2.45) is 17.6 Å². The molecule has 5 atom stereocenters. The third kappa shape index (κ3) is 9.53. The maximum Gasteiger partial charge on any atom is 0.326 e. The van der Waals surface area contributed by atoms with Crippen molar-refractivity contribution in [2.45, 2.75) is 71.1 Å². The van der Waals surface area contributed by atoms with E-state index in [1.807, 2.05) is 0 Å². The van der Waals surface area contributed by atoms with Crippen molar-refractivity contribution < 1.29 is 39.3 Å². The normalized spacial score (nSPS) is 15.2. The van der Waals surface area contributed by atoms with Crippen LogP contribution in [0.3, 0.4) is 0 Å². The molecule has 0 aliphatic carbocycles. The molecule has 0 radical (unpaired) electrons. The molecule has 0 aromatic heterocycles. The number of aromatic hydroxyl groups is 1. The second-order valence-corrected chi connectivity index (χ2v) is 9.08. The maximum absolute atomic E-state index is 13.1. The van der Waals surface area contributed by atoms with Gasteiger partial charge in [-0.1, -0.05) is 46.2 Å². The molecular weight excluding hydrogens is 472 g/mol. The molecule has 0 bridgehead atoms. The molecule has 8 N–H and O–H groups in total. The van der Waals surface area contributed by atoms with Crippen LogP contribution >= 0.6 is 0 Å². The number of amides is 3. The second-order valence-electron chi connectivity index (χ2n) is 9.08.